The van der Waals surface area contributed by atoms with Crippen LogP contribution in [0, 0.1) is 5.92 Å². The van der Waals surface area contributed by atoms with E-state index in [2.05, 4.69) is 10.1 Å². The van der Waals surface area contributed by atoms with E-state index < -0.39 is 5.79 Å². The third-order valence-corrected chi connectivity index (χ3v) is 3.95. The lowest BCUT2D eigenvalue weighted by molar-refractivity contribution is -0.244. The van der Waals surface area contributed by atoms with Crippen LogP contribution < -0.4 is 5.73 Å². The first-order chi connectivity index (χ1) is 9.62. The number of hydrogen-bond acceptors (Lipinski definition) is 6. The lowest BCUT2D eigenvalue weighted by Gasteiger charge is -2.31. The Hall–Kier alpha value is -1.70. The molecule has 2 aromatic heterocycles. The van der Waals surface area contributed by atoms with E-state index in [9.17, 15) is 5.11 Å². The van der Waals surface area contributed by atoms with Gasteiger partial charge in [0.25, 0.3) is 0 Å². The molecule has 3 heterocycles. The lowest BCUT2D eigenvalue weighted by atomic mass is 9.96. The van der Waals surface area contributed by atoms with E-state index in [0.29, 0.717) is 11.3 Å². The van der Waals surface area contributed by atoms with Gasteiger partial charge in [0.15, 0.2) is 5.82 Å². The highest BCUT2D eigenvalue weighted by Gasteiger charge is 2.50. The van der Waals surface area contributed by atoms with Gasteiger partial charge in [0.2, 0.25) is 5.79 Å². The lowest BCUT2D eigenvalue weighted by Crippen LogP contribution is -2.36. The van der Waals surface area contributed by atoms with E-state index in [0.717, 1.165) is 12.1 Å². The van der Waals surface area contributed by atoms with Gasteiger partial charge in [0, 0.05) is 13.0 Å². The van der Waals surface area contributed by atoms with Gasteiger partial charge in [0.1, 0.15) is 17.5 Å². The highest BCUT2D eigenvalue weighted by atomic mass is 16.7. The highest BCUT2D eigenvalue weighted by molar-refractivity contribution is 5.65. The smallest absolute Gasteiger partial charge is 0.215 e. The second kappa shape index (κ2) is 4.69. The summed E-state index contributed by atoms with van der Waals surface area (Å²) in [5.41, 5.74) is 7.31. The number of aliphatic hydroxyl groups is 1. The Bertz CT molecular complexity index is 629. The van der Waals surface area contributed by atoms with Crippen molar-refractivity contribution in [1.82, 2.24) is 14.6 Å². The van der Waals surface area contributed by atoms with Crippen molar-refractivity contribution in [2.45, 2.75) is 25.2 Å². The van der Waals surface area contributed by atoms with E-state index in [1.165, 1.54) is 6.33 Å². The first-order valence-electron chi connectivity index (χ1n) is 6.55. The molecule has 7 nitrogen and oxygen atoms in total. The molecule has 1 fully saturated rings. The number of nitrogens with zero attached hydrogens (tertiary/aromatic N) is 3. The van der Waals surface area contributed by atoms with E-state index in [4.69, 9.17) is 15.2 Å². The summed E-state index contributed by atoms with van der Waals surface area (Å²) in [6, 6.07) is 3.72. The summed E-state index contributed by atoms with van der Waals surface area (Å²) in [5, 5.41) is 13.6. The minimum absolute atomic E-state index is 0.0319. The zero-order chi connectivity index (χ0) is 14.3. The van der Waals surface area contributed by atoms with Gasteiger partial charge in [-0.05, 0) is 18.6 Å². The fourth-order valence-electron chi connectivity index (χ4n) is 2.96. The van der Waals surface area contributed by atoms with Crippen molar-refractivity contribution in [3.8, 4) is 0 Å². The monoisotopic (exact) mass is 278 g/mol. The van der Waals surface area contributed by atoms with Crippen molar-refractivity contribution < 1.29 is 14.6 Å². The van der Waals surface area contributed by atoms with Crippen molar-refractivity contribution in [2.24, 2.45) is 5.92 Å². The second-order valence-electron chi connectivity index (χ2n) is 5.09. The van der Waals surface area contributed by atoms with Crippen LogP contribution in [-0.4, -0.2) is 39.5 Å². The van der Waals surface area contributed by atoms with E-state index >= 15 is 0 Å². The average Bonchev–Trinajstić information content (AvgIpc) is 3.01. The first-order valence-corrected chi connectivity index (χ1v) is 6.55. The summed E-state index contributed by atoms with van der Waals surface area (Å²) in [6.45, 7) is 2.00. The standard InChI is InChI=1S/C13H18N4O3/c1-8-5-9(6-18)20-13(8,19-2)11-4-3-10-12(14)15-7-16-17(10)11/h3-4,7-9,18H,5-6H2,1-2H3,(H2,14,15,16)/t8-,9-,13+/m0/s1. The van der Waals surface area contributed by atoms with Crippen molar-refractivity contribution >= 4 is 11.3 Å². The molecule has 3 rings (SSSR count). The molecule has 0 aliphatic carbocycles. The predicted molar refractivity (Wildman–Crippen MR) is 71.8 cm³/mol. The Morgan fingerprint density at radius 3 is 3.05 bits per heavy atom. The van der Waals surface area contributed by atoms with Crippen LogP contribution in [0.2, 0.25) is 0 Å². The molecule has 0 radical (unpaired) electrons. The van der Waals surface area contributed by atoms with Crippen LogP contribution in [0.25, 0.3) is 5.52 Å². The maximum Gasteiger partial charge on any atom is 0.215 e. The van der Waals surface area contributed by atoms with Crippen molar-refractivity contribution in [2.75, 3.05) is 19.5 Å². The molecule has 0 unspecified atom stereocenters. The summed E-state index contributed by atoms with van der Waals surface area (Å²) < 4.78 is 13.3. The molecule has 1 aliphatic rings. The van der Waals surface area contributed by atoms with Gasteiger partial charge in [0.05, 0.1) is 12.7 Å². The number of methoxy groups -OCH3 is 1. The van der Waals surface area contributed by atoms with Gasteiger partial charge in [-0.1, -0.05) is 6.92 Å². The molecule has 0 saturated carbocycles. The molecule has 3 N–H and O–H groups in total. The van der Waals surface area contributed by atoms with E-state index in [1.807, 2.05) is 19.1 Å². The van der Waals surface area contributed by atoms with Gasteiger partial charge in [-0.25, -0.2) is 9.50 Å². The fourth-order valence-corrected chi connectivity index (χ4v) is 2.96. The van der Waals surface area contributed by atoms with Gasteiger partial charge in [-0.2, -0.15) is 5.10 Å². The highest BCUT2D eigenvalue weighted by Crippen LogP contribution is 2.44. The molecule has 0 amide bonds. The molecule has 0 bridgehead atoms. The SMILES string of the molecule is CO[C@@]1(c2ccc3c(N)ncnn23)O[C@H](CO)C[C@@H]1C. The molecule has 2 aromatic rings. The minimum atomic E-state index is -0.930. The Labute approximate surface area is 116 Å². The maximum atomic E-state index is 9.33. The summed E-state index contributed by atoms with van der Waals surface area (Å²) in [4.78, 5) is 3.97. The van der Waals surface area contributed by atoms with Crippen molar-refractivity contribution in [1.29, 1.82) is 0 Å². The second-order valence-corrected chi connectivity index (χ2v) is 5.09. The Kier molecular flexibility index (Phi) is 3.12. The number of hydrogen-bond donors (Lipinski definition) is 2. The molecule has 1 saturated heterocycles. The number of rotatable bonds is 3. The number of aliphatic hydroxyl groups excluding tert-OH is 1. The van der Waals surface area contributed by atoms with Crippen molar-refractivity contribution in [3.05, 3.63) is 24.2 Å². The molecule has 0 aromatic carbocycles. The third kappa shape index (κ3) is 1.71. The number of nitrogen functional groups attached to an aromatic ring is 1. The van der Waals surface area contributed by atoms with E-state index in [-0.39, 0.29) is 18.6 Å². The molecule has 7 heteroatoms. The molecule has 0 spiro atoms. The average molecular weight is 278 g/mol. The summed E-state index contributed by atoms with van der Waals surface area (Å²) in [6.07, 6.45) is 1.88. The van der Waals surface area contributed by atoms with Crippen LogP contribution in [0.5, 0.6) is 0 Å². The fraction of sp³-hybridized carbons (Fsp3) is 0.538. The Balaban J connectivity index is 2.15. The van der Waals surface area contributed by atoms with Crippen LogP contribution >= 0.6 is 0 Å². The maximum absolute atomic E-state index is 9.33. The zero-order valence-corrected chi connectivity index (χ0v) is 11.5. The van der Waals surface area contributed by atoms with Gasteiger partial charge in [-0.15, -0.1) is 0 Å². The summed E-state index contributed by atoms with van der Waals surface area (Å²) in [7, 11) is 1.60. The quantitative estimate of drug-likeness (QED) is 0.850. The Morgan fingerprint density at radius 2 is 2.40 bits per heavy atom. The molecular weight excluding hydrogens is 260 g/mol. The number of nitrogens with two attached hydrogens (primary N) is 1. The predicted octanol–water partition coefficient (Wildman–Crippen LogP) is 0.528. The topological polar surface area (TPSA) is 94.9 Å². The Morgan fingerprint density at radius 1 is 1.60 bits per heavy atom. The third-order valence-electron chi connectivity index (χ3n) is 3.95. The van der Waals surface area contributed by atoms with Crippen LogP contribution in [0.1, 0.15) is 19.0 Å². The van der Waals surface area contributed by atoms with E-state index in [1.54, 1.807) is 11.6 Å². The number of ether oxygens (including phenoxy) is 2. The largest absolute Gasteiger partial charge is 0.394 e. The normalized spacial score (nSPS) is 30.1. The van der Waals surface area contributed by atoms with Crippen LogP contribution in [0.15, 0.2) is 18.5 Å². The molecule has 3 atom stereocenters. The molecule has 20 heavy (non-hydrogen) atoms. The van der Waals surface area contributed by atoms with Crippen molar-refractivity contribution in [3.63, 3.8) is 0 Å². The molecule has 1 aliphatic heterocycles. The van der Waals surface area contributed by atoms with Crippen LogP contribution in [-0.2, 0) is 15.3 Å². The van der Waals surface area contributed by atoms with Gasteiger partial charge in [-0.3, -0.25) is 0 Å². The van der Waals surface area contributed by atoms with Crippen LogP contribution in [0.3, 0.4) is 0 Å². The number of aromatic nitrogens is 3. The first kappa shape index (κ1) is 13.3. The van der Waals surface area contributed by atoms with Crippen LogP contribution in [0.4, 0.5) is 5.82 Å². The molecular formula is C13H18N4O3. The minimum Gasteiger partial charge on any atom is -0.394 e. The molecule has 108 valence electrons. The number of fused-ring (bicyclic) bond motifs is 1. The summed E-state index contributed by atoms with van der Waals surface area (Å²) >= 11 is 0. The number of anilines is 1. The summed E-state index contributed by atoms with van der Waals surface area (Å²) in [5.74, 6) is -0.443. The zero-order valence-electron chi connectivity index (χ0n) is 11.5. The van der Waals surface area contributed by atoms with Gasteiger partial charge >= 0.3 is 0 Å². The van der Waals surface area contributed by atoms with Gasteiger partial charge < -0.3 is 20.3 Å².